The van der Waals surface area contributed by atoms with Crippen molar-refractivity contribution in [2.75, 3.05) is 6.61 Å². The topological polar surface area (TPSA) is 42.0 Å². The summed E-state index contributed by atoms with van der Waals surface area (Å²) in [4.78, 5) is 0. The van der Waals surface area contributed by atoms with Crippen molar-refractivity contribution in [3.63, 3.8) is 0 Å². The summed E-state index contributed by atoms with van der Waals surface area (Å²) in [7, 11) is 0. The fraction of sp³-hybridized carbons (Fsp3) is 0.379. The number of hydrogen-bond donors (Lipinski definition) is 1. The zero-order valence-corrected chi connectivity index (χ0v) is 19.6. The van der Waals surface area contributed by atoms with E-state index in [1.807, 2.05) is 6.07 Å². The summed E-state index contributed by atoms with van der Waals surface area (Å²) in [6, 6.07) is 15.1. The second-order valence-corrected chi connectivity index (χ2v) is 9.67. The van der Waals surface area contributed by atoms with Crippen LogP contribution in [0.1, 0.15) is 61.3 Å². The Hall–Kier alpha value is -2.83. The molecule has 3 aromatic rings. The van der Waals surface area contributed by atoms with E-state index in [1.54, 1.807) is 49.4 Å². The van der Waals surface area contributed by atoms with Crippen molar-refractivity contribution in [2.45, 2.75) is 57.3 Å². The molecule has 1 aliphatic heterocycles. The molecule has 6 heteroatoms. The number of ether oxygens (including phenoxy) is 2. The first kappa shape index (κ1) is 23.9. The minimum absolute atomic E-state index is 0.0278. The molecule has 3 nitrogen and oxygen atoms in total. The molecule has 2 fully saturated rings. The maximum Gasteiger partial charge on any atom is 0.166 e. The van der Waals surface area contributed by atoms with Gasteiger partial charge in [-0.2, -0.15) is 0 Å². The van der Waals surface area contributed by atoms with Crippen LogP contribution in [-0.2, 0) is 11.3 Å². The van der Waals surface area contributed by atoms with Crippen LogP contribution in [-0.4, -0.2) is 17.8 Å². The van der Waals surface area contributed by atoms with Crippen LogP contribution in [0.2, 0.25) is 0 Å². The summed E-state index contributed by atoms with van der Waals surface area (Å²) in [6.07, 6.45) is 2.63. The Morgan fingerprint density at radius 1 is 0.914 bits per heavy atom. The van der Waals surface area contributed by atoms with Crippen LogP contribution >= 0.6 is 0 Å². The highest BCUT2D eigenvalue weighted by Crippen LogP contribution is 2.40. The molecule has 0 spiro atoms. The molecular weight excluding hydrogens is 453 g/mol. The highest BCUT2D eigenvalue weighted by molar-refractivity contribution is 5.65. The Morgan fingerprint density at radius 2 is 1.60 bits per heavy atom. The van der Waals surface area contributed by atoms with Gasteiger partial charge in [0.25, 0.3) is 0 Å². The van der Waals surface area contributed by atoms with Gasteiger partial charge in [0.05, 0.1) is 12.7 Å². The third kappa shape index (κ3) is 5.24. The highest BCUT2D eigenvalue weighted by Gasteiger charge is 2.29. The zero-order chi connectivity index (χ0) is 24.5. The number of rotatable bonds is 7. The molecule has 2 aliphatic rings. The molecule has 1 saturated heterocycles. The molecule has 1 saturated carbocycles. The average Bonchev–Trinajstić information content (AvgIpc) is 3.70. The van der Waals surface area contributed by atoms with E-state index in [0.717, 1.165) is 25.7 Å². The summed E-state index contributed by atoms with van der Waals surface area (Å²) in [5.74, 6) is -1.18. The molecule has 0 aromatic heterocycles. The highest BCUT2D eigenvalue weighted by atomic mass is 19.2. The van der Waals surface area contributed by atoms with Crippen molar-refractivity contribution in [1.82, 2.24) is 0 Å². The van der Waals surface area contributed by atoms with Crippen molar-refractivity contribution >= 4 is 0 Å². The van der Waals surface area contributed by atoms with Gasteiger partial charge < -0.3 is 14.6 Å². The first-order valence-electron chi connectivity index (χ1n) is 12.2. The summed E-state index contributed by atoms with van der Waals surface area (Å²) in [6.45, 7) is 2.53. The average molecular weight is 483 g/mol. The third-order valence-electron chi connectivity index (χ3n) is 7.32. The van der Waals surface area contributed by atoms with Crippen molar-refractivity contribution in [2.24, 2.45) is 5.92 Å². The molecule has 0 amide bonds. The van der Waals surface area contributed by atoms with Gasteiger partial charge in [-0.15, -0.1) is 0 Å². The van der Waals surface area contributed by atoms with Crippen LogP contribution in [0.25, 0.3) is 11.1 Å². The van der Waals surface area contributed by atoms with Crippen LogP contribution in [0.15, 0.2) is 54.6 Å². The van der Waals surface area contributed by atoms with Gasteiger partial charge in [-0.05, 0) is 79.3 Å². The molecule has 35 heavy (non-hydrogen) atoms. The minimum Gasteiger partial charge on any atom is -0.489 e. The van der Waals surface area contributed by atoms with Crippen LogP contribution in [0.4, 0.5) is 13.2 Å². The lowest BCUT2D eigenvalue weighted by molar-refractivity contribution is 0.0964. The first-order chi connectivity index (χ1) is 16.9. The predicted octanol–water partition coefficient (Wildman–Crippen LogP) is 7.08. The van der Waals surface area contributed by atoms with E-state index >= 15 is 8.78 Å². The van der Waals surface area contributed by atoms with E-state index in [4.69, 9.17) is 9.47 Å². The summed E-state index contributed by atoms with van der Waals surface area (Å²) < 4.78 is 55.1. The fourth-order valence-corrected chi connectivity index (χ4v) is 5.06. The zero-order valence-electron chi connectivity index (χ0n) is 19.6. The lowest BCUT2D eigenvalue weighted by Crippen LogP contribution is -2.23. The molecule has 2 atom stereocenters. The third-order valence-corrected chi connectivity index (χ3v) is 7.32. The van der Waals surface area contributed by atoms with Gasteiger partial charge in [0.1, 0.15) is 24.3 Å². The van der Waals surface area contributed by atoms with E-state index in [9.17, 15) is 9.50 Å². The maximum atomic E-state index is 15.0. The van der Waals surface area contributed by atoms with E-state index in [-0.39, 0.29) is 42.0 Å². The summed E-state index contributed by atoms with van der Waals surface area (Å²) in [5, 5.41) is 9.79. The Bertz CT molecular complexity index is 1180. The molecule has 1 N–H and O–H groups in total. The molecular formula is C29H29F3O3. The van der Waals surface area contributed by atoms with Crippen LogP contribution in [0.3, 0.4) is 0 Å². The minimum atomic E-state index is -0.843. The summed E-state index contributed by atoms with van der Waals surface area (Å²) >= 11 is 0. The van der Waals surface area contributed by atoms with E-state index in [0.29, 0.717) is 34.6 Å². The predicted molar refractivity (Wildman–Crippen MR) is 128 cm³/mol. The second-order valence-electron chi connectivity index (χ2n) is 9.67. The smallest absolute Gasteiger partial charge is 0.166 e. The van der Waals surface area contributed by atoms with Gasteiger partial charge in [-0.3, -0.25) is 0 Å². The largest absolute Gasteiger partial charge is 0.489 e. The van der Waals surface area contributed by atoms with Gasteiger partial charge in [0.2, 0.25) is 0 Å². The van der Waals surface area contributed by atoms with Gasteiger partial charge in [-0.25, -0.2) is 13.2 Å². The normalized spacial score (nSPS) is 22.6. The Morgan fingerprint density at radius 3 is 2.23 bits per heavy atom. The van der Waals surface area contributed by atoms with Crippen LogP contribution in [0.5, 0.6) is 5.75 Å². The van der Waals surface area contributed by atoms with E-state index in [1.165, 1.54) is 6.07 Å². The number of benzene rings is 3. The fourth-order valence-electron chi connectivity index (χ4n) is 5.06. The van der Waals surface area contributed by atoms with Gasteiger partial charge >= 0.3 is 0 Å². The summed E-state index contributed by atoms with van der Waals surface area (Å²) in [5.41, 5.74) is 2.43. The lowest BCUT2D eigenvalue weighted by atomic mass is 9.76. The van der Waals surface area contributed by atoms with Crippen LogP contribution < -0.4 is 4.74 Å². The molecule has 5 rings (SSSR count). The molecule has 3 aromatic carbocycles. The van der Waals surface area contributed by atoms with Gasteiger partial charge in [0.15, 0.2) is 11.6 Å². The van der Waals surface area contributed by atoms with E-state index < -0.39 is 11.6 Å². The van der Waals surface area contributed by atoms with Crippen LogP contribution in [0, 0.1) is 23.4 Å². The van der Waals surface area contributed by atoms with Gasteiger partial charge in [-0.1, -0.05) is 36.4 Å². The molecule has 1 aliphatic carbocycles. The van der Waals surface area contributed by atoms with Crippen molar-refractivity contribution < 1.29 is 27.8 Å². The maximum absolute atomic E-state index is 15.0. The first-order valence-corrected chi connectivity index (χ1v) is 12.2. The molecule has 0 bridgehead atoms. The lowest BCUT2D eigenvalue weighted by Gasteiger charge is -2.30. The number of halogens is 3. The second kappa shape index (κ2) is 10.0. The van der Waals surface area contributed by atoms with Crippen molar-refractivity contribution in [3.8, 4) is 16.9 Å². The quantitative estimate of drug-likeness (QED) is 0.366. The van der Waals surface area contributed by atoms with Crippen molar-refractivity contribution in [3.05, 3.63) is 88.7 Å². The number of aliphatic hydroxyl groups excluding tert-OH is 1. The molecule has 0 radical (unpaired) electrons. The van der Waals surface area contributed by atoms with E-state index in [2.05, 4.69) is 0 Å². The molecule has 184 valence electrons. The Balaban J connectivity index is 1.24. The SMILES string of the molecule is CC(O)C1CCC(c2ccc(-c3ccc(OCc4ccc(C5CO5)c(F)c4)cc3)c(F)c2F)CC1. The van der Waals surface area contributed by atoms with Gasteiger partial charge in [0, 0.05) is 11.1 Å². The number of epoxide rings is 1. The Kier molecular flexibility index (Phi) is 6.85. The standard InChI is InChI=1S/C29H29F3O3/c1-17(33)19-3-5-20(6-4-19)23-12-13-24(29(32)28(23)31)21-7-9-22(10-8-21)34-15-18-2-11-25(26(30)14-18)27-16-35-27/h2,7-14,17,19-20,27,33H,3-6,15-16H2,1H3. The molecule has 2 unspecified atom stereocenters. The van der Waals surface area contributed by atoms with Crippen molar-refractivity contribution in [1.29, 1.82) is 0 Å². The molecule has 1 heterocycles. The number of aliphatic hydroxyl groups is 1. The Labute approximate surface area is 203 Å². The monoisotopic (exact) mass is 482 g/mol. The number of hydrogen-bond acceptors (Lipinski definition) is 3.